The molecule has 0 aliphatic carbocycles. The predicted octanol–water partition coefficient (Wildman–Crippen LogP) is 3.45. The van der Waals surface area contributed by atoms with Crippen molar-refractivity contribution in [3.05, 3.63) is 34.5 Å². The highest BCUT2D eigenvalue weighted by molar-refractivity contribution is 6.31. The van der Waals surface area contributed by atoms with Crippen molar-refractivity contribution in [1.29, 1.82) is 0 Å². The fourth-order valence-electron chi connectivity index (χ4n) is 2.14. The van der Waals surface area contributed by atoms with E-state index in [-0.39, 0.29) is 5.97 Å². The molecule has 0 saturated carbocycles. The third kappa shape index (κ3) is 2.97. The zero-order valence-electron chi connectivity index (χ0n) is 12.0. The predicted molar refractivity (Wildman–Crippen MR) is 81.3 cm³/mol. The number of halogens is 1. The van der Waals surface area contributed by atoms with Crippen LogP contribution in [0.15, 0.2) is 18.2 Å². The maximum atomic E-state index is 12.1. The van der Waals surface area contributed by atoms with Gasteiger partial charge in [0, 0.05) is 28.0 Å². The molecule has 0 amide bonds. The van der Waals surface area contributed by atoms with Crippen LogP contribution in [-0.4, -0.2) is 36.1 Å². The van der Waals surface area contributed by atoms with Crippen LogP contribution < -0.4 is 0 Å². The molecule has 0 bridgehead atoms. The summed E-state index contributed by atoms with van der Waals surface area (Å²) < 4.78 is 5.12. The van der Waals surface area contributed by atoms with Gasteiger partial charge in [-0.2, -0.15) is 0 Å². The van der Waals surface area contributed by atoms with Crippen molar-refractivity contribution in [3.63, 3.8) is 0 Å². The zero-order chi connectivity index (χ0) is 14.7. The van der Waals surface area contributed by atoms with Gasteiger partial charge in [-0.3, -0.25) is 0 Å². The monoisotopic (exact) mass is 294 g/mol. The van der Waals surface area contributed by atoms with E-state index in [1.807, 2.05) is 25.2 Å². The van der Waals surface area contributed by atoms with Gasteiger partial charge in [0.15, 0.2) is 0 Å². The highest BCUT2D eigenvalue weighted by Crippen LogP contribution is 2.27. The number of aromatic amines is 1. The second-order valence-electron chi connectivity index (χ2n) is 4.72. The normalized spacial score (nSPS) is 11.2. The summed E-state index contributed by atoms with van der Waals surface area (Å²) in [5.74, 6) is -0.320. The molecule has 1 N–H and O–H groups in total. The molecule has 0 spiro atoms. The topological polar surface area (TPSA) is 45.3 Å². The van der Waals surface area contributed by atoms with Crippen molar-refractivity contribution in [2.45, 2.75) is 20.4 Å². The number of aromatic nitrogens is 1. The van der Waals surface area contributed by atoms with E-state index >= 15 is 0 Å². The summed E-state index contributed by atoms with van der Waals surface area (Å²) >= 11 is 6.07. The molecule has 2 aromatic rings. The Bertz CT molecular complexity index is 622. The number of carbonyl (C=O) groups is 1. The van der Waals surface area contributed by atoms with Gasteiger partial charge >= 0.3 is 5.97 Å². The van der Waals surface area contributed by atoms with Crippen LogP contribution in [0, 0.1) is 0 Å². The van der Waals surface area contributed by atoms with E-state index in [0.717, 1.165) is 23.0 Å². The molecule has 108 valence electrons. The van der Waals surface area contributed by atoms with E-state index in [0.29, 0.717) is 23.9 Å². The van der Waals surface area contributed by atoms with Gasteiger partial charge in [-0.05, 0) is 38.7 Å². The number of hydrogen-bond acceptors (Lipinski definition) is 3. The fraction of sp³-hybridized carbons (Fsp3) is 0.400. The summed E-state index contributed by atoms with van der Waals surface area (Å²) in [6, 6.07) is 5.58. The molecule has 0 atom stereocenters. The number of carbonyl (C=O) groups excluding carboxylic acids is 1. The molecule has 5 heteroatoms. The minimum absolute atomic E-state index is 0.320. The van der Waals surface area contributed by atoms with Crippen molar-refractivity contribution < 1.29 is 9.53 Å². The van der Waals surface area contributed by atoms with Gasteiger partial charge in [-0.1, -0.05) is 18.5 Å². The molecule has 0 unspecified atom stereocenters. The highest BCUT2D eigenvalue weighted by Gasteiger charge is 2.19. The Morgan fingerprint density at radius 1 is 1.40 bits per heavy atom. The number of ether oxygens (including phenoxy) is 1. The minimum Gasteiger partial charge on any atom is -0.461 e. The summed E-state index contributed by atoms with van der Waals surface area (Å²) in [4.78, 5) is 17.4. The molecular weight excluding hydrogens is 276 g/mol. The lowest BCUT2D eigenvalue weighted by molar-refractivity contribution is 0.0518. The van der Waals surface area contributed by atoms with E-state index in [1.165, 1.54) is 0 Å². The molecule has 2 rings (SSSR count). The lowest BCUT2D eigenvalue weighted by Gasteiger charge is -2.14. The number of hydrogen-bond donors (Lipinski definition) is 1. The quantitative estimate of drug-likeness (QED) is 0.859. The summed E-state index contributed by atoms with van der Waals surface area (Å²) in [6.45, 7) is 5.81. The van der Waals surface area contributed by atoms with E-state index in [9.17, 15) is 4.79 Å². The zero-order valence-corrected chi connectivity index (χ0v) is 12.8. The third-order valence-corrected chi connectivity index (χ3v) is 3.55. The summed E-state index contributed by atoms with van der Waals surface area (Å²) in [5, 5.41) is 1.63. The van der Waals surface area contributed by atoms with Crippen molar-refractivity contribution in [3.8, 4) is 0 Å². The first-order valence-corrected chi connectivity index (χ1v) is 7.10. The third-order valence-electron chi connectivity index (χ3n) is 3.32. The molecule has 0 aliphatic rings. The SMILES string of the molecule is CCOC(=O)c1[nH]c2ccc(Cl)cc2c1CN(C)CC. The fourth-order valence-corrected chi connectivity index (χ4v) is 2.32. The smallest absolute Gasteiger partial charge is 0.355 e. The lowest BCUT2D eigenvalue weighted by Crippen LogP contribution is -2.19. The Morgan fingerprint density at radius 2 is 2.15 bits per heavy atom. The van der Waals surface area contributed by atoms with Crippen LogP contribution in [0.4, 0.5) is 0 Å². The minimum atomic E-state index is -0.320. The van der Waals surface area contributed by atoms with Crippen molar-refractivity contribution in [2.75, 3.05) is 20.2 Å². The van der Waals surface area contributed by atoms with Gasteiger partial charge in [0.2, 0.25) is 0 Å². The molecule has 1 aromatic carbocycles. The average Bonchev–Trinajstić information content (AvgIpc) is 2.77. The number of nitrogens with one attached hydrogen (secondary N) is 1. The largest absolute Gasteiger partial charge is 0.461 e. The van der Waals surface area contributed by atoms with Gasteiger partial charge in [0.1, 0.15) is 5.69 Å². The van der Waals surface area contributed by atoms with Crippen LogP contribution in [0.25, 0.3) is 10.9 Å². The molecular formula is C15H19ClN2O2. The number of nitrogens with zero attached hydrogens (tertiary/aromatic N) is 1. The Morgan fingerprint density at radius 3 is 2.80 bits per heavy atom. The van der Waals surface area contributed by atoms with Gasteiger partial charge in [0.25, 0.3) is 0 Å². The molecule has 1 aromatic heterocycles. The van der Waals surface area contributed by atoms with Crippen molar-refractivity contribution >= 4 is 28.5 Å². The molecule has 0 radical (unpaired) electrons. The van der Waals surface area contributed by atoms with Crippen LogP contribution in [-0.2, 0) is 11.3 Å². The van der Waals surface area contributed by atoms with E-state index in [2.05, 4.69) is 16.8 Å². The first-order valence-electron chi connectivity index (χ1n) is 6.72. The average molecular weight is 295 g/mol. The summed E-state index contributed by atoms with van der Waals surface area (Å²) in [7, 11) is 2.01. The van der Waals surface area contributed by atoms with Gasteiger partial charge in [-0.15, -0.1) is 0 Å². The van der Waals surface area contributed by atoms with Crippen LogP contribution in [0.1, 0.15) is 29.9 Å². The van der Waals surface area contributed by atoms with Crippen LogP contribution >= 0.6 is 11.6 Å². The van der Waals surface area contributed by atoms with E-state index in [4.69, 9.17) is 16.3 Å². The second kappa shape index (κ2) is 6.29. The Labute approximate surface area is 123 Å². The molecule has 0 aliphatic heterocycles. The molecule has 0 saturated heterocycles. The summed E-state index contributed by atoms with van der Waals surface area (Å²) in [5.41, 5.74) is 2.35. The van der Waals surface area contributed by atoms with E-state index < -0.39 is 0 Å². The number of H-pyrrole nitrogens is 1. The van der Waals surface area contributed by atoms with Crippen LogP contribution in [0.3, 0.4) is 0 Å². The maximum Gasteiger partial charge on any atom is 0.355 e. The Hall–Kier alpha value is -1.52. The standard InChI is InChI=1S/C15H19ClN2O2/c1-4-18(3)9-12-11-8-10(16)6-7-13(11)17-14(12)15(19)20-5-2/h6-8,17H,4-5,9H2,1-3H3. The van der Waals surface area contributed by atoms with Gasteiger partial charge in [-0.25, -0.2) is 4.79 Å². The Balaban J connectivity index is 2.54. The van der Waals surface area contributed by atoms with Gasteiger partial charge in [0.05, 0.1) is 6.61 Å². The summed E-state index contributed by atoms with van der Waals surface area (Å²) in [6.07, 6.45) is 0. The van der Waals surface area contributed by atoms with Crippen molar-refractivity contribution in [2.24, 2.45) is 0 Å². The first kappa shape index (κ1) is 14.9. The molecule has 0 fully saturated rings. The molecule has 4 nitrogen and oxygen atoms in total. The maximum absolute atomic E-state index is 12.1. The molecule has 20 heavy (non-hydrogen) atoms. The first-order chi connectivity index (χ1) is 9.56. The highest BCUT2D eigenvalue weighted by atomic mass is 35.5. The number of esters is 1. The Kier molecular flexibility index (Phi) is 4.68. The lowest BCUT2D eigenvalue weighted by atomic mass is 10.1. The number of benzene rings is 1. The van der Waals surface area contributed by atoms with E-state index in [1.54, 1.807) is 6.92 Å². The van der Waals surface area contributed by atoms with Gasteiger partial charge < -0.3 is 14.6 Å². The number of fused-ring (bicyclic) bond motifs is 1. The van der Waals surface area contributed by atoms with Crippen LogP contribution in [0.2, 0.25) is 5.02 Å². The number of rotatable bonds is 5. The van der Waals surface area contributed by atoms with Crippen molar-refractivity contribution in [1.82, 2.24) is 9.88 Å². The molecule has 1 heterocycles. The van der Waals surface area contributed by atoms with Crippen LogP contribution in [0.5, 0.6) is 0 Å². The second-order valence-corrected chi connectivity index (χ2v) is 5.16.